The summed E-state index contributed by atoms with van der Waals surface area (Å²) in [5, 5.41) is 2.93. The van der Waals surface area contributed by atoms with Gasteiger partial charge in [0.1, 0.15) is 11.3 Å². The van der Waals surface area contributed by atoms with E-state index in [9.17, 15) is 9.59 Å². The summed E-state index contributed by atoms with van der Waals surface area (Å²) < 4.78 is 5.21. The summed E-state index contributed by atoms with van der Waals surface area (Å²) in [7, 11) is 1.59. The number of hydrogen-bond acceptors (Lipinski definition) is 5. The molecule has 0 aromatic heterocycles. The van der Waals surface area contributed by atoms with E-state index in [1.165, 1.54) is 0 Å². The minimum atomic E-state index is -0.781. The molecule has 3 N–H and O–H groups in total. The Morgan fingerprint density at radius 2 is 2.20 bits per heavy atom. The van der Waals surface area contributed by atoms with Crippen molar-refractivity contribution in [2.75, 3.05) is 32.1 Å². The van der Waals surface area contributed by atoms with E-state index in [1.807, 2.05) is 25.1 Å². The predicted molar refractivity (Wildman–Crippen MR) is 118 cm³/mol. The number of nitrogens with zero attached hydrogens (tertiary/aromatic N) is 3. The topological polar surface area (TPSA) is 100 Å². The molecule has 1 aromatic rings. The van der Waals surface area contributed by atoms with E-state index in [0.29, 0.717) is 49.4 Å². The zero-order valence-electron chi connectivity index (χ0n) is 18.4. The molecule has 8 heteroatoms. The Labute approximate surface area is 178 Å². The fraction of sp³-hybridized carbons (Fsp3) is 0.591. The number of urea groups is 1. The van der Waals surface area contributed by atoms with E-state index >= 15 is 0 Å². The van der Waals surface area contributed by atoms with E-state index < -0.39 is 5.54 Å². The van der Waals surface area contributed by atoms with Crippen LogP contribution in [0.4, 0.5) is 10.5 Å². The summed E-state index contributed by atoms with van der Waals surface area (Å²) in [5.41, 5.74) is 6.02. The fourth-order valence-electron chi connectivity index (χ4n) is 4.42. The molecule has 2 aliphatic heterocycles. The molecule has 1 fully saturated rings. The second-order valence-corrected chi connectivity index (χ2v) is 8.87. The van der Waals surface area contributed by atoms with E-state index in [0.717, 1.165) is 12.8 Å². The molecule has 0 saturated carbocycles. The first-order chi connectivity index (χ1) is 14.2. The number of likely N-dealkylation sites (tertiary alicyclic amines) is 1. The van der Waals surface area contributed by atoms with Crippen LogP contribution in [0.3, 0.4) is 0 Å². The number of hydrogen-bond donors (Lipinski definition) is 2. The highest BCUT2D eigenvalue weighted by molar-refractivity contribution is 6.06. The molecule has 8 nitrogen and oxygen atoms in total. The molecule has 0 spiro atoms. The Balaban J connectivity index is 1.60. The summed E-state index contributed by atoms with van der Waals surface area (Å²) in [6, 6.07) is 7.14. The highest BCUT2D eigenvalue weighted by Gasteiger charge is 2.44. The highest BCUT2D eigenvalue weighted by Crippen LogP contribution is 2.30. The van der Waals surface area contributed by atoms with Crippen molar-refractivity contribution in [3.8, 4) is 5.75 Å². The van der Waals surface area contributed by atoms with Crippen molar-refractivity contribution in [3.63, 3.8) is 0 Å². The third-order valence-corrected chi connectivity index (χ3v) is 5.72. The first kappa shape index (κ1) is 21.9. The maximum atomic E-state index is 13.0. The number of guanidine groups is 1. The quantitative estimate of drug-likeness (QED) is 0.746. The molecule has 30 heavy (non-hydrogen) atoms. The average Bonchev–Trinajstić information content (AvgIpc) is 2.90. The fourth-order valence-corrected chi connectivity index (χ4v) is 4.42. The lowest BCUT2D eigenvalue weighted by Crippen LogP contribution is -2.49. The molecule has 2 heterocycles. The molecule has 3 rings (SSSR count). The number of nitrogens with two attached hydrogens (primary N) is 1. The number of ether oxygens (including phenoxy) is 1. The third-order valence-electron chi connectivity index (χ3n) is 5.72. The number of carbonyl (C=O) groups is 2. The van der Waals surface area contributed by atoms with Gasteiger partial charge in [-0.25, -0.2) is 9.79 Å². The van der Waals surface area contributed by atoms with Crippen LogP contribution in [0.25, 0.3) is 0 Å². The van der Waals surface area contributed by atoms with Gasteiger partial charge in [0.15, 0.2) is 5.96 Å². The molecule has 2 atom stereocenters. The van der Waals surface area contributed by atoms with E-state index in [4.69, 9.17) is 10.5 Å². The number of anilines is 1. The van der Waals surface area contributed by atoms with Gasteiger partial charge in [-0.15, -0.1) is 0 Å². The lowest BCUT2D eigenvalue weighted by atomic mass is 9.90. The second-order valence-electron chi connectivity index (χ2n) is 8.87. The van der Waals surface area contributed by atoms with E-state index in [1.54, 1.807) is 23.0 Å². The van der Waals surface area contributed by atoms with E-state index in [-0.39, 0.29) is 17.9 Å². The zero-order chi connectivity index (χ0) is 21.9. The maximum Gasteiger partial charge on any atom is 0.321 e. The van der Waals surface area contributed by atoms with Gasteiger partial charge in [-0.05, 0) is 50.2 Å². The van der Waals surface area contributed by atoms with Gasteiger partial charge in [-0.2, -0.15) is 0 Å². The molecule has 0 radical (unpaired) electrons. The van der Waals surface area contributed by atoms with Gasteiger partial charge < -0.3 is 20.7 Å². The van der Waals surface area contributed by atoms with Crippen LogP contribution in [0.5, 0.6) is 5.75 Å². The number of methoxy groups -OCH3 is 1. The minimum Gasteiger partial charge on any atom is -0.497 e. The van der Waals surface area contributed by atoms with Crippen LogP contribution in [-0.2, 0) is 4.79 Å². The zero-order valence-corrected chi connectivity index (χ0v) is 18.4. The van der Waals surface area contributed by atoms with Crippen LogP contribution in [0.1, 0.15) is 40.0 Å². The number of piperidine rings is 1. The SMILES string of the molecule is COc1cccc(NC(=O)N2CCCC(CN3C(=O)C(C)(CC(C)C)N=C3N)C2)c1. The van der Waals surface area contributed by atoms with Crippen molar-refractivity contribution in [1.29, 1.82) is 0 Å². The Kier molecular flexibility index (Phi) is 6.53. The predicted octanol–water partition coefficient (Wildman–Crippen LogP) is 2.90. The van der Waals surface area contributed by atoms with Crippen molar-refractivity contribution in [3.05, 3.63) is 24.3 Å². The van der Waals surface area contributed by atoms with Crippen LogP contribution in [0, 0.1) is 11.8 Å². The third kappa shape index (κ3) is 4.86. The van der Waals surface area contributed by atoms with Gasteiger partial charge in [-0.3, -0.25) is 9.69 Å². The minimum absolute atomic E-state index is 0.0355. The van der Waals surface area contributed by atoms with E-state index in [2.05, 4.69) is 24.2 Å². The normalized spacial score (nSPS) is 24.2. The van der Waals surface area contributed by atoms with Gasteiger partial charge in [0.05, 0.1) is 7.11 Å². The van der Waals surface area contributed by atoms with Gasteiger partial charge in [-0.1, -0.05) is 19.9 Å². The molecular weight excluding hydrogens is 382 g/mol. The Morgan fingerprint density at radius 1 is 1.43 bits per heavy atom. The van der Waals surface area contributed by atoms with Crippen LogP contribution < -0.4 is 15.8 Å². The summed E-state index contributed by atoms with van der Waals surface area (Å²) in [6.07, 6.45) is 2.50. The molecule has 0 bridgehead atoms. The first-order valence-electron chi connectivity index (χ1n) is 10.6. The molecule has 3 amide bonds. The molecule has 0 aliphatic carbocycles. The number of amides is 3. The lowest BCUT2D eigenvalue weighted by Gasteiger charge is -2.35. The number of carbonyl (C=O) groups excluding carboxylic acids is 2. The van der Waals surface area contributed by atoms with Crippen molar-refractivity contribution < 1.29 is 14.3 Å². The summed E-state index contributed by atoms with van der Waals surface area (Å²) in [4.78, 5) is 33.6. The van der Waals surface area contributed by atoms with Gasteiger partial charge in [0.2, 0.25) is 0 Å². The van der Waals surface area contributed by atoms with Gasteiger partial charge in [0, 0.05) is 31.4 Å². The van der Waals surface area contributed by atoms with Crippen molar-refractivity contribution in [2.45, 2.75) is 45.6 Å². The van der Waals surface area contributed by atoms with Gasteiger partial charge in [0.25, 0.3) is 5.91 Å². The molecule has 2 unspecified atom stereocenters. The smallest absolute Gasteiger partial charge is 0.321 e. The van der Waals surface area contributed by atoms with Crippen LogP contribution in [-0.4, -0.2) is 60.0 Å². The van der Waals surface area contributed by atoms with Crippen molar-refractivity contribution in [1.82, 2.24) is 9.80 Å². The van der Waals surface area contributed by atoms with Crippen LogP contribution >= 0.6 is 0 Å². The number of nitrogens with one attached hydrogen (secondary N) is 1. The van der Waals surface area contributed by atoms with Crippen molar-refractivity contribution >= 4 is 23.6 Å². The highest BCUT2D eigenvalue weighted by atomic mass is 16.5. The molecular formula is C22H33N5O3. The Morgan fingerprint density at radius 3 is 2.90 bits per heavy atom. The maximum absolute atomic E-state index is 13.0. The monoisotopic (exact) mass is 415 g/mol. The lowest BCUT2D eigenvalue weighted by molar-refractivity contribution is -0.131. The molecule has 2 aliphatic rings. The summed E-state index contributed by atoms with van der Waals surface area (Å²) in [5.74, 6) is 1.46. The summed E-state index contributed by atoms with van der Waals surface area (Å²) >= 11 is 0. The molecule has 164 valence electrons. The number of rotatable bonds is 6. The molecule has 1 aromatic carbocycles. The van der Waals surface area contributed by atoms with Crippen LogP contribution in [0.2, 0.25) is 0 Å². The Bertz CT molecular complexity index is 825. The van der Waals surface area contributed by atoms with Gasteiger partial charge >= 0.3 is 6.03 Å². The summed E-state index contributed by atoms with van der Waals surface area (Å²) in [6.45, 7) is 7.77. The molecule has 1 saturated heterocycles. The number of aliphatic imine (C=N–C) groups is 1. The standard InChI is InChI=1S/C22H33N5O3/c1-15(2)12-22(3)19(28)27(20(23)25-22)14-16-7-6-10-26(13-16)21(29)24-17-8-5-9-18(11-17)30-4/h5,8-9,11,15-16H,6-7,10,12-14H2,1-4H3,(H2,23,25)(H,24,29). The van der Waals surface area contributed by atoms with Crippen LogP contribution in [0.15, 0.2) is 29.3 Å². The largest absolute Gasteiger partial charge is 0.497 e. The van der Waals surface area contributed by atoms with Crippen molar-refractivity contribution in [2.24, 2.45) is 22.6 Å². The Hall–Kier alpha value is -2.77. The first-order valence-corrected chi connectivity index (χ1v) is 10.6. The number of benzene rings is 1. The average molecular weight is 416 g/mol. The second kappa shape index (κ2) is 8.93.